The van der Waals surface area contributed by atoms with Crippen LogP contribution in [0.1, 0.15) is 87.0 Å². The second-order valence-corrected chi connectivity index (χ2v) is 15.8. The van der Waals surface area contributed by atoms with E-state index in [1.54, 1.807) is 47.3 Å². The van der Waals surface area contributed by atoms with E-state index >= 15 is 0 Å². The molecular weight excluding hydrogens is 821 g/mol. The Hall–Kier alpha value is -5.38. The van der Waals surface area contributed by atoms with Crippen molar-refractivity contribution in [2.24, 2.45) is 0 Å². The highest BCUT2D eigenvalue weighted by atomic mass is 32.1. The highest BCUT2D eigenvalue weighted by Gasteiger charge is 2.18. The first-order valence-electron chi connectivity index (χ1n) is 21.6. The van der Waals surface area contributed by atoms with E-state index in [0.29, 0.717) is 13.0 Å². The number of likely N-dealkylation sites (N-methyl/N-ethyl adjacent to an activating group) is 1. The van der Waals surface area contributed by atoms with Crippen molar-refractivity contribution in [2.45, 2.75) is 87.0 Å². The molecule has 2 aromatic carbocycles. The van der Waals surface area contributed by atoms with Gasteiger partial charge in [-0.2, -0.15) is 0 Å². The van der Waals surface area contributed by atoms with E-state index < -0.39 is 0 Å². The van der Waals surface area contributed by atoms with Crippen LogP contribution in [0.25, 0.3) is 53.9 Å². The van der Waals surface area contributed by atoms with Crippen LogP contribution < -0.4 is 10.6 Å². The van der Waals surface area contributed by atoms with Gasteiger partial charge in [-0.25, -0.2) is 9.97 Å². The third-order valence-electron chi connectivity index (χ3n) is 8.85. The number of likely N-dealkylation sites (tertiary alicyclic amines) is 2. The molecule has 15 heteroatoms. The van der Waals surface area contributed by atoms with Crippen LogP contribution in [0.5, 0.6) is 0 Å². The molecule has 2 saturated heterocycles. The second kappa shape index (κ2) is 30.6. The van der Waals surface area contributed by atoms with Crippen molar-refractivity contribution in [2.75, 3.05) is 53.4 Å². The number of nitrogens with zero attached hydrogens (tertiary/aromatic N) is 4. The van der Waals surface area contributed by atoms with Crippen molar-refractivity contribution in [3.8, 4) is 33.5 Å². The van der Waals surface area contributed by atoms with Gasteiger partial charge in [-0.05, 0) is 61.6 Å². The van der Waals surface area contributed by atoms with Gasteiger partial charge in [-0.15, -0.1) is 22.7 Å². The Morgan fingerprint density at radius 3 is 1.76 bits per heavy atom. The van der Waals surface area contributed by atoms with Crippen molar-refractivity contribution in [1.29, 1.82) is 0 Å². The Balaban J connectivity index is 0.000000323. The normalized spacial score (nSPS) is 12.3. The third-order valence-corrected chi connectivity index (χ3v) is 11.0. The SMILES string of the molecule is CC.CC(=O)NCC(=O)N1CCCC1.CCC.CCC.CNCC(=O)N1CCCC1.COC=O.c1ncc(-c2csc3c(-c4ccc(-c5ccc6nc[nH]c6c5)cc4)csc23)[nH]1. The Kier molecular flexibility index (Phi) is 26.1. The van der Waals surface area contributed by atoms with Crippen LogP contribution in [0.3, 0.4) is 0 Å². The van der Waals surface area contributed by atoms with Crippen molar-refractivity contribution >= 4 is 67.3 Å². The van der Waals surface area contributed by atoms with E-state index in [9.17, 15) is 14.4 Å². The van der Waals surface area contributed by atoms with Crippen LogP contribution in [-0.4, -0.2) is 107 Å². The molecule has 2 fully saturated rings. The number of aromatic nitrogens is 4. The fourth-order valence-corrected chi connectivity index (χ4v) is 8.52. The average Bonchev–Trinajstić information content (AvgIpc) is 4.14. The van der Waals surface area contributed by atoms with E-state index in [1.807, 2.05) is 24.9 Å². The topological polar surface area (TPSA) is 165 Å². The molecule has 3 amide bonds. The number of hydrogen-bond donors (Lipinski definition) is 4. The number of imidazole rings is 2. The molecule has 0 aliphatic carbocycles. The molecule has 2 aliphatic rings. The molecule has 0 spiro atoms. The number of fused-ring (bicyclic) bond motifs is 2. The van der Waals surface area contributed by atoms with E-state index in [-0.39, 0.29) is 24.3 Å². The summed E-state index contributed by atoms with van der Waals surface area (Å²) in [5.74, 6) is 0.116. The van der Waals surface area contributed by atoms with Crippen molar-refractivity contribution in [3.05, 3.63) is 72.1 Å². The third kappa shape index (κ3) is 17.2. The number of aromatic amines is 2. The molecule has 6 aromatic rings. The zero-order valence-electron chi connectivity index (χ0n) is 38.1. The summed E-state index contributed by atoms with van der Waals surface area (Å²) in [5.41, 5.74) is 9.30. The summed E-state index contributed by atoms with van der Waals surface area (Å²) in [6, 6.07) is 15.1. The number of carbonyl (C=O) groups excluding carboxylic acids is 4. The fourth-order valence-electron chi connectivity index (χ4n) is 6.07. The minimum absolute atomic E-state index is 0.0303. The largest absolute Gasteiger partial charge is 0.471 e. The zero-order valence-corrected chi connectivity index (χ0v) is 39.8. The number of ether oxygens (including phenoxy) is 1. The monoisotopic (exact) mass is 888 g/mol. The molecule has 0 bridgehead atoms. The number of nitrogens with one attached hydrogen (secondary N) is 4. The molecule has 62 heavy (non-hydrogen) atoms. The van der Waals surface area contributed by atoms with Crippen LogP contribution in [0.2, 0.25) is 0 Å². The van der Waals surface area contributed by atoms with Crippen LogP contribution in [0, 0.1) is 0 Å². The first-order chi connectivity index (χ1) is 30.1. The number of amides is 3. The molecule has 0 radical (unpaired) electrons. The smallest absolute Gasteiger partial charge is 0.292 e. The summed E-state index contributed by atoms with van der Waals surface area (Å²) in [5, 5.41) is 9.82. The maximum absolute atomic E-state index is 11.3. The van der Waals surface area contributed by atoms with Crippen molar-refractivity contribution < 1.29 is 23.9 Å². The summed E-state index contributed by atoms with van der Waals surface area (Å²) in [4.78, 5) is 60.3. The summed E-state index contributed by atoms with van der Waals surface area (Å²) < 4.78 is 6.51. The van der Waals surface area contributed by atoms with E-state index in [4.69, 9.17) is 4.79 Å². The van der Waals surface area contributed by atoms with Gasteiger partial charge in [-0.3, -0.25) is 19.2 Å². The van der Waals surface area contributed by atoms with Crippen LogP contribution in [0.4, 0.5) is 0 Å². The lowest BCUT2D eigenvalue weighted by molar-refractivity contribution is -0.131. The number of carbonyl (C=O) groups is 4. The summed E-state index contributed by atoms with van der Waals surface area (Å²) >= 11 is 3.59. The van der Waals surface area contributed by atoms with Gasteiger partial charge in [-0.1, -0.05) is 84.7 Å². The first kappa shape index (κ1) is 52.8. The summed E-state index contributed by atoms with van der Waals surface area (Å²) in [6.45, 7) is 18.5. The lowest BCUT2D eigenvalue weighted by Gasteiger charge is -2.14. The predicted octanol–water partition coefficient (Wildman–Crippen LogP) is 9.78. The lowest BCUT2D eigenvalue weighted by atomic mass is 10.0. The van der Waals surface area contributed by atoms with Gasteiger partial charge in [0.1, 0.15) is 0 Å². The molecule has 0 saturated carbocycles. The molecule has 0 unspecified atom stereocenters. The van der Waals surface area contributed by atoms with Gasteiger partial charge >= 0.3 is 0 Å². The van der Waals surface area contributed by atoms with Gasteiger partial charge < -0.3 is 35.1 Å². The quantitative estimate of drug-likeness (QED) is 0.110. The van der Waals surface area contributed by atoms with Crippen LogP contribution >= 0.6 is 22.7 Å². The van der Waals surface area contributed by atoms with Crippen LogP contribution in [-0.2, 0) is 23.9 Å². The Labute approximate surface area is 376 Å². The summed E-state index contributed by atoms with van der Waals surface area (Å²) in [6.07, 6.45) is 12.4. The number of rotatable bonds is 8. The first-order valence-corrected chi connectivity index (χ1v) is 23.3. The number of hydrogen-bond acceptors (Lipinski definition) is 10. The average molecular weight is 889 g/mol. The Morgan fingerprint density at radius 1 is 0.758 bits per heavy atom. The zero-order chi connectivity index (χ0) is 45.7. The number of thiophene rings is 2. The number of methoxy groups -OCH3 is 1. The van der Waals surface area contributed by atoms with Gasteiger partial charge in [0.2, 0.25) is 17.7 Å². The second-order valence-electron chi connectivity index (χ2n) is 14.0. The standard InChI is InChI=1S/C22H14N4S2.C8H14N2O2.C7H14N2O.2C3H8.C2H4O2.C2H6/c1-3-14(4-2-13(1)15-5-6-18-19(7-15)26-12-25-18)16-9-27-22-17(10-28-21(16)22)20-8-23-11-24-20;1-7(11)9-6-8(12)10-4-2-3-5-10;1-8-6-7(10)9-4-2-3-5-9;2*1-3-2;1-4-2-3;1-2/h1-12H,(H,23,24)(H,25,26);2-6H2,1H3,(H,9,11);8H,2-6H2,1H3;2*3H2,1-2H3;2H,1H3;1-2H3. The van der Waals surface area contributed by atoms with Gasteiger partial charge in [0.25, 0.3) is 6.47 Å². The maximum Gasteiger partial charge on any atom is 0.292 e. The molecule has 4 aromatic heterocycles. The molecule has 13 nitrogen and oxygen atoms in total. The molecular formula is C47H68N8O5S2. The van der Waals surface area contributed by atoms with Crippen LogP contribution in [0.15, 0.2) is 72.1 Å². The molecule has 0 atom stereocenters. The van der Waals surface area contributed by atoms with Gasteiger partial charge in [0.15, 0.2) is 0 Å². The molecule has 2 aliphatic heterocycles. The van der Waals surface area contributed by atoms with Gasteiger partial charge in [0, 0.05) is 55.0 Å². The fraction of sp³-hybridized carbons (Fsp3) is 0.447. The maximum atomic E-state index is 11.3. The van der Waals surface area contributed by atoms with E-state index in [2.05, 4.69) is 116 Å². The highest BCUT2D eigenvalue weighted by molar-refractivity contribution is 7.27. The van der Waals surface area contributed by atoms with E-state index in [0.717, 1.165) is 55.7 Å². The molecule has 6 heterocycles. The minimum atomic E-state index is -0.150. The molecule has 8 rings (SSSR count). The molecule has 4 N–H and O–H groups in total. The summed E-state index contributed by atoms with van der Waals surface area (Å²) in [7, 11) is 3.11. The number of H-pyrrole nitrogens is 2. The van der Waals surface area contributed by atoms with Crippen molar-refractivity contribution in [3.63, 3.8) is 0 Å². The predicted molar refractivity (Wildman–Crippen MR) is 258 cm³/mol. The van der Waals surface area contributed by atoms with Gasteiger partial charge in [0.05, 0.1) is 65.2 Å². The number of benzene rings is 2. The Bertz CT molecular complexity index is 2130. The Morgan fingerprint density at radius 2 is 1.26 bits per heavy atom. The van der Waals surface area contributed by atoms with E-state index in [1.165, 1.54) is 76.9 Å². The molecule has 338 valence electrons. The lowest BCUT2D eigenvalue weighted by Crippen LogP contribution is -2.37. The minimum Gasteiger partial charge on any atom is -0.471 e. The van der Waals surface area contributed by atoms with Crippen molar-refractivity contribution in [1.82, 2.24) is 40.4 Å². The highest BCUT2D eigenvalue weighted by Crippen LogP contribution is 2.43.